The molecule has 0 atom stereocenters. The van der Waals surface area contributed by atoms with E-state index < -0.39 is 0 Å². The van der Waals surface area contributed by atoms with E-state index in [0.717, 1.165) is 26.1 Å². The van der Waals surface area contributed by atoms with Gasteiger partial charge in [0.05, 0.1) is 0 Å². The molecule has 0 aromatic carbocycles. The molecule has 0 radical (unpaired) electrons. The van der Waals surface area contributed by atoms with Crippen LogP contribution in [0.3, 0.4) is 0 Å². The Morgan fingerprint density at radius 3 is 2.87 bits per heavy atom. The standard InChI is InChI=1S/C9H14N4O2/c14-8-6-7(11-12-8)9(15)13-4-1-2-10-3-5-13/h6,10H,1-5H2,(H2,11,12,14). The van der Waals surface area contributed by atoms with Crippen LogP contribution in [0.25, 0.3) is 0 Å². The molecule has 1 fully saturated rings. The second-order valence-corrected chi connectivity index (χ2v) is 3.57. The van der Waals surface area contributed by atoms with Gasteiger partial charge < -0.3 is 10.2 Å². The first-order valence-corrected chi connectivity index (χ1v) is 5.05. The molecule has 3 N–H and O–H groups in total. The number of carbonyl (C=O) groups is 1. The van der Waals surface area contributed by atoms with Crippen molar-refractivity contribution in [1.29, 1.82) is 0 Å². The van der Waals surface area contributed by atoms with Crippen LogP contribution in [0.4, 0.5) is 0 Å². The minimum Gasteiger partial charge on any atom is -0.336 e. The minimum atomic E-state index is -0.272. The topological polar surface area (TPSA) is 81.0 Å². The number of nitrogens with one attached hydrogen (secondary N) is 3. The van der Waals surface area contributed by atoms with Crippen LogP contribution >= 0.6 is 0 Å². The maximum atomic E-state index is 11.9. The lowest BCUT2D eigenvalue weighted by atomic mass is 10.3. The number of hydrogen-bond donors (Lipinski definition) is 3. The Morgan fingerprint density at radius 2 is 2.13 bits per heavy atom. The van der Waals surface area contributed by atoms with E-state index in [0.29, 0.717) is 12.2 Å². The summed E-state index contributed by atoms with van der Waals surface area (Å²) in [6.07, 6.45) is 0.945. The molecule has 6 heteroatoms. The van der Waals surface area contributed by atoms with Gasteiger partial charge in [0, 0.05) is 25.7 Å². The highest BCUT2D eigenvalue weighted by Gasteiger charge is 2.18. The molecule has 1 aromatic rings. The second kappa shape index (κ2) is 4.31. The molecule has 0 saturated carbocycles. The second-order valence-electron chi connectivity index (χ2n) is 3.57. The van der Waals surface area contributed by atoms with Crippen molar-refractivity contribution >= 4 is 5.91 Å². The molecule has 1 amide bonds. The maximum absolute atomic E-state index is 11.9. The van der Waals surface area contributed by atoms with E-state index in [1.807, 2.05) is 0 Å². The van der Waals surface area contributed by atoms with Crippen molar-refractivity contribution in [2.45, 2.75) is 6.42 Å². The zero-order valence-electron chi connectivity index (χ0n) is 8.38. The third-order valence-electron chi connectivity index (χ3n) is 2.45. The molecule has 0 spiro atoms. The van der Waals surface area contributed by atoms with Crippen molar-refractivity contribution in [3.05, 3.63) is 22.1 Å². The molecule has 2 heterocycles. The fourth-order valence-electron chi connectivity index (χ4n) is 1.67. The fourth-order valence-corrected chi connectivity index (χ4v) is 1.67. The predicted octanol–water partition coefficient (Wildman–Crippen LogP) is -0.861. The van der Waals surface area contributed by atoms with Gasteiger partial charge in [0.2, 0.25) is 0 Å². The highest BCUT2D eigenvalue weighted by Crippen LogP contribution is 2.01. The Hall–Kier alpha value is -1.56. The molecule has 1 aliphatic rings. The lowest BCUT2D eigenvalue weighted by molar-refractivity contribution is 0.0760. The van der Waals surface area contributed by atoms with Crippen LogP contribution < -0.4 is 10.9 Å². The maximum Gasteiger partial charge on any atom is 0.271 e. The van der Waals surface area contributed by atoms with Gasteiger partial charge in [-0.3, -0.25) is 19.8 Å². The van der Waals surface area contributed by atoms with Crippen molar-refractivity contribution in [1.82, 2.24) is 20.4 Å². The highest BCUT2D eigenvalue weighted by molar-refractivity contribution is 5.92. The van der Waals surface area contributed by atoms with Crippen molar-refractivity contribution in [3.8, 4) is 0 Å². The molecule has 15 heavy (non-hydrogen) atoms. The van der Waals surface area contributed by atoms with E-state index >= 15 is 0 Å². The Kier molecular flexibility index (Phi) is 2.86. The first-order chi connectivity index (χ1) is 7.27. The zero-order valence-corrected chi connectivity index (χ0v) is 8.38. The van der Waals surface area contributed by atoms with Gasteiger partial charge in [-0.1, -0.05) is 0 Å². The molecule has 1 aliphatic heterocycles. The molecular formula is C9H14N4O2. The smallest absolute Gasteiger partial charge is 0.271 e. The molecule has 1 saturated heterocycles. The van der Waals surface area contributed by atoms with Crippen LogP contribution in [0.2, 0.25) is 0 Å². The summed E-state index contributed by atoms with van der Waals surface area (Å²) in [5, 5.41) is 8.15. The molecule has 0 aliphatic carbocycles. The molecule has 6 nitrogen and oxygen atoms in total. The first-order valence-electron chi connectivity index (χ1n) is 5.05. The quantitative estimate of drug-likeness (QED) is 0.564. The summed E-state index contributed by atoms with van der Waals surface area (Å²) in [7, 11) is 0. The van der Waals surface area contributed by atoms with Crippen molar-refractivity contribution < 1.29 is 4.79 Å². The van der Waals surface area contributed by atoms with Crippen LogP contribution in [0.5, 0.6) is 0 Å². The van der Waals surface area contributed by atoms with E-state index in [9.17, 15) is 9.59 Å². The molecule has 2 rings (SSSR count). The Balaban J connectivity index is 2.09. The normalized spacial score (nSPS) is 17.5. The lowest BCUT2D eigenvalue weighted by Gasteiger charge is -2.18. The number of rotatable bonds is 1. The summed E-state index contributed by atoms with van der Waals surface area (Å²) in [6.45, 7) is 3.17. The summed E-state index contributed by atoms with van der Waals surface area (Å²) < 4.78 is 0. The van der Waals surface area contributed by atoms with E-state index in [-0.39, 0.29) is 11.5 Å². The number of H-pyrrole nitrogens is 2. The van der Waals surface area contributed by atoms with Crippen molar-refractivity contribution in [2.75, 3.05) is 26.2 Å². The number of carbonyl (C=O) groups excluding carboxylic acids is 1. The Bertz CT molecular complexity index is 387. The number of nitrogens with zero attached hydrogens (tertiary/aromatic N) is 1. The molecular weight excluding hydrogens is 196 g/mol. The predicted molar refractivity (Wildman–Crippen MR) is 54.8 cm³/mol. The van der Waals surface area contributed by atoms with Crippen LogP contribution in [0.1, 0.15) is 16.9 Å². The third-order valence-corrected chi connectivity index (χ3v) is 2.45. The lowest BCUT2D eigenvalue weighted by Crippen LogP contribution is -2.34. The van der Waals surface area contributed by atoms with E-state index in [1.54, 1.807) is 4.90 Å². The zero-order chi connectivity index (χ0) is 10.7. The summed E-state index contributed by atoms with van der Waals surface area (Å²) >= 11 is 0. The average Bonchev–Trinajstić information content (AvgIpc) is 2.53. The van der Waals surface area contributed by atoms with Crippen LogP contribution in [0.15, 0.2) is 10.9 Å². The Labute approximate surface area is 86.6 Å². The summed E-state index contributed by atoms with van der Waals surface area (Å²) in [5.74, 6) is -0.114. The number of amides is 1. The minimum absolute atomic E-state index is 0.114. The molecule has 0 bridgehead atoms. The van der Waals surface area contributed by atoms with Gasteiger partial charge in [-0.15, -0.1) is 0 Å². The van der Waals surface area contributed by atoms with Crippen molar-refractivity contribution in [3.63, 3.8) is 0 Å². The van der Waals surface area contributed by atoms with Gasteiger partial charge in [0.1, 0.15) is 5.69 Å². The molecule has 1 aromatic heterocycles. The van der Waals surface area contributed by atoms with Crippen LogP contribution in [-0.4, -0.2) is 47.2 Å². The number of aromatic amines is 2. The summed E-state index contributed by atoms with van der Waals surface area (Å²) in [5.41, 5.74) is 0.0631. The van der Waals surface area contributed by atoms with E-state index in [2.05, 4.69) is 15.5 Å². The third kappa shape index (κ3) is 2.27. The van der Waals surface area contributed by atoms with Gasteiger partial charge in [-0.05, 0) is 13.0 Å². The van der Waals surface area contributed by atoms with Crippen LogP contribution in [-0.2, 0) is 0 Å². The highest BCUT2D eigenvalue weighted by atomic mass is 16.2. The van der Waals surface area contributed by atoms with Gasteiger partial charge in [-0.25, -0.2) is 0 Å². The fraction of sp³-hybridized carbons (Fsp3) is 0.556. The van der Waals surface area contributed by atoms with Gasteiger partial charge in [-0.2, -0.15) is 0 Å². The van der Waals surface area contributed by atoms with Gasteiger partial charge in [0.25, 0.3) is 11.5 Å². The molecule has 0 unspecified atom stereocenters. The van der Waals surface area contributed by atoms with Gasteiger partial charge >= 0.3 is 0 Å². The van der Waals surface area contributed by atoms with Crippen molar-refractivity contribution in [2.24, 2.45) is 0 Å². The number of aromatic nitrogens is 2. The monoisotopic (exact) mass is 210 g/mol. The number of hydrogen-bond acceptors (Lipinski definition) is 3. The average molecular weight is 210 g/mol. The van der Waals surface area contributed by atoms with Gasteiger partial charge in [0.15, 0.2) is 0 Å². The van der Waals surface area contributed by atoms with Crippen LogP contribution in [0, 0.1) is 0 Å². The first kappa shape index (κ1) is 9.97. The Morgan fingerprint density at radius 1 is 1.27 bits per heavy atom. The van der Waals surface area contributed by atoms with E-state index in [4.69, 9.17) is 0 Å². The largest absolute Gasteiger partial charge is 0.336 e. The van der Waals surface area contributed by atoms with E-state index in [1.165, 1.54) is 6.07 Å². The summed E-state index contributed by atoms with van der Waals surface area (Å²) in [6, 6.07) is 1.29. The summed E-state index contributed by atoms with van der Waals surface area (Å²) in [4.78, 5) is 24.5. The SMILES string of the molecule is O=C(c1cc(=O)[nH][nH]1)N1CCCNCC1. The molecule has 82 valence electrons.